The number of hydrogen-bond donors (Lipinski definition) is 1. The smallest absolute Gasteiger partial charge is 0.152 e. The Kier molecular flexibility index (Phi) is 3.33. The summed E-state index contributed by atoms with van der Waals surface area (Å²) >= 11 is 0. The molecule has 0 aliphatic carbocycles. The second-order valence-corrected chi connectivity index (χ2v) is 7.03. The summed E-state index contributed by atoms with van der Waals surface area (Å²) in [5, 5.41) is 3.37. The molecule has 2 rings (SSSR count). The lowest BCUT2D eigenvalue weighted by Crippen LogP contribution is -2.53. The Hall–Kier alpha value is -0.130. The molecule has 2 heterocycles. The molecular formula is C10H20N2O2S. The number of nitrogens with zero attached hydrogens (tertiary/aromatic N) is 1. The number of sulfone groups is 1. The summed E-state index contributed by atoms with van der Waals surface area (Å²) in [5.74, 6) is 1.34. The zero-order valence-corrected chi connectivity index (χ0v) is 10.1. The van der Waals surface area contributed by atoms with Crippen molar-refractivity contribution in [2.24, 2.45) is 5.92 Å². The number of rotatable bonds is 1. The lowest BCUT2D eigenvalue weighted by atomic mass is 9.94. The lowest BCUT2D eigenvalue weighted by Gasteiger charge is -2.40. The summed E-state index contributed by atoms with van der Waals surface area (Å²) in [6, 6.07) is 0.585. The topological polar surface area (TPSA) is 49.4 Å². The third-order valence-corrected chi connectivity index (χ3v) is 5.20. The van der Waals surface area contributed by atoms with E-state index in [0.29, 0.717) is 23.5 Å². The zero-order chi connectivity index (χ0) is 10.9. The molecule has 2 atom stereocenters. The maximum absolute atomic E-state index is 11.3. The van der Waals surface area contributed by atoms with Gasteiger partial charge < -0.3 is 5.32 Å². The molecule has 0 spiro atoms. The Morgan fingerprint density at radius 2 is 1.93 bits per heavy atom. The number of piperidine rings is 1. The number of nitrogens with one attached hydrogen (secondary N) is 1. The van der Waals surface area contributed by atoms with Crippen molar-refractivity contribution in [2.75, 3.05) is 37.7 Å². The molecule has 1 N–H and O–H groups in total. The summed E-state index contributed by atoms with van der Waals surface area (Å²) in [4.78, 5) is 2.37. The van der Waals surface area contributed by atoms with Crippen molar-refractivity contribution >= 4 is 9.84 Å². The minimum Gasteiger partial charge on any atom is -0.316 e. The fourth-order valence-electron chi connectivity index (χ4n) is 2.60. The first-order valence-corrected chi connectivity index (χ1v) is 7.56. The van der Waals surface area contributed by atoms with Gasteiger partial charge in [0.1, 0.15) is 0 Å². The van der Waals surface area contributed by atoms with Crippen LogP contribution in [0.25, 0.3) is 0 Å². The van der Waals surface area contributed by atoms with E-state index in [9.17, 15) is 8.42 Å². The third kappa shape index (κ3) is 2.71. The van der Waals surface area contributed by atoms with E-state index in [1.165, 1.54) is 0 Å². The van der Waals surface area contributed by atoms with Crippen molar-refractivity contribution < 1.29 is 8.42 Å². The molecule has 0 amide bonds. The molecule has 2 unspecified atom stereocenters. The molecule has 2 fully saturated rings. The maximum atomic E-state index is 11.3. The van der Waals surface area contributed by atoms with Crippen LogP contribution in [0.4, 0.5) is 0 Å². The zero-order valence-electron chi connectivity index (χ0n) is 9.28. The Balaban J connectivity index is 1.94. The van der Waals surface area contributed by atoms with Crippen molar-refractivity contribution in [1.82, 2.24) is 10.2 Å². The van der Waals surface area contributed by atoms with E-state index in [2.05, 4.69) is 17.1 Å². The minimum absolute atomic E-state index is 0.351. The monoisotopic (exact) mass is 232 g/mol. The van der Waals surface area contributed by atoms with E-state index >= 15 is 0 Å². The van der Waals surface area contributed by atoms with E-state index in [-0.39, 0.29) is 0 Å². The predicted octanol–water partition coefficient (Wildman–Crippen LogP) is -0.285. The van der Waals surface area contributed by atoms with Gasteiger partial charge in [0.15, 0.2) is 9.84 Å². The molecule has 2 saturated heterocycles. The van der Waals surface area contributed by atoms with Crippen LogP contribution in [0, 0.1) is 5.92 Å². The molecule has 0 aromatic rings. The van der Waals surface area contributed by atoms with Gasteiger partial charge in [-0.3, -0.25) is 4.90 Å². The summed E-state index contributed by atoms with van der Waals surface area (Å²) in [6.07, 6.45) is 1.15. The Bertz CT molecular complexity index is 301. The molecule has 5 heteroatoms. The van der Waals surface area contributed by atoms with Gasteiger partial charge in [0.05, 0.1) is 11.5 Å². The van der Waals surface area contributed by atoms with E-state index < -0.39 is 9.84 Å². The molecule has 4 nitrogen and oxygen atoms in total. The van der Waals surface area contributed by atoms with Crippen molar-refractivity contribution in [2.45, 2.75) is 19.4 Å². The Morgan fingerprint density at radius 1 is 1.27 bits per heavy atom. The molecule has 15 heavy (non-hydrogen) atoms. The summed E-state index contributed by atoms with van der Waals surface area (Å²) < 4.78 is 22.6. The molecular weight excluding hydrogens is 212 g/mol. The molecule has 0 radical (unpaired) electrons. The number of hydrogen-bond acceptors (Lipinski definition) is 4. The van der Waals surface area contributed by atoms with Gasteiger partial charge in [-0.1, -0.05) is 6.92 Å². The van der Waals surface area contributed by atoms with Crippen molar-refractivity contribution in [3.8, 4) is 0 Å². The molecule has 2 aliphatic rings. The standard InChI is InChI=1S/C10H20N2O2S/c1-9-8-11-3-2-10(9)12-4-6-15(13,14)7-5-12/h9-11H,2-8H2,1H3. The molecule has 0 saturated carbocycles. The minimum atomic E-state index is -2.73. The van der Waals surface area contributed by atoms with Crippen LogP contribution in [-0.4, -0.2) is 57.0 Å². The van der Waals surface area contributed by atoms with Gasteiger partial charge in [0.25, 0.3) is 0 Å². The van der Waals surface area contributed by atoms with Gasteiger partial charge in [-0.05, 0) is 25.4 Å². The van der Waals surface area contributed by atoms with Gasteiger partial charge in [0.2, 0.25) is 0 Å². The third-order valence-electron chi connectivity index (χ3n) is 3.59. The summed E-state index contributed by atoms with van der Waals surface area (Å²) in [7, 11) is -2.73. The fraction of sp³-hybridized carbons (Fsp3) is 1.00. The van der Waals surface area contributed by atoms with Gasteiger partial charge in [-0.25, -0.2) is 8.42 Å². The molecule has 88 valence electrons. The van der Waals surface area contributed by atoms with Crippen LogP contribution in [0.2, 0.25) is 0 Å². The van der Waals surface area contributed by atoms with Crippen LogP contribution in [0.1, 0.15) is 13.3 Å². The summed E-state index contributed by atoms with van der Waals surface area (Å²) in [5.41, 5.74) is 0. The van der Waals surface area contributed by atoms with Gasteiger partial charge in [-0.2, -0.15) is 0 Å². The van der Waals surface area contributed by atoms with E-state index in [4.69, 9.17) is 0 Å². The van der Waals surface area contributed by atoms with Crippen LogP contribution in [-0.2, 0) is 9.84 Å². The van der Waals surface area contributed by atoms with Crippen molar-refractivity contribution in [3.63, 3.8) is 0 Å². The largest absolute Gasteiger partial charge is 0.316 e. The van der Waals surface area contributed by atoms with Crippen molar-refractivity contribution in [3.05, 3.63) is 0 Å². The normalized spacial score (nSPS) is 37.7. The van der Waals surface area contributed by atoms with E-state index in [1.54, 1.807) is 0 Å². The van der Waals surface area contributed by atoms with Crippen LogP contribution >= 0.6 is 0 Å². The SMILES string of the molecule is CC1CNCCC1N1CCS(=O)(=O)CC1. The highest BCUT2D eigenvalue weighted by molar-refractivity contribution is 7.91. The highest BCUT2D eigenvalue weighted by atomic mass is 32.2. The fourth-order valence-corrected chi connectivity index (χ4v) is 3.83. The van der Waals surface area contributed by atoms with Crippen LogP contribution in [0.3, 0.4) is 0 Å². The van der Waals surface area contributed by atoms with Crippen LogP contribution in [0.15, 0.2) is 0 Å². The second kappa shape index (κ2) is 4.39. The first kappa shape index (κ1) is 11.4. The molecule has 0 aromatic heterocycles. The average molecular weight is 232 g/mol. The van der Waals surface area contributed by atoms with E-state index in [1.807, 2.05) is 0 Å². The first-order chi connectivity index (χ1) is 7.08. The molecule has 0 aromatic carbocycles. The summed E-state index contributed by atoms with van der Waals surface area (Å²) in [6.45, 7) is 5.85. The Morgan fingerprint density at radius 3 is 2.53 bits per heavy atom. The highest BCUT2D eigenvalue weighted by Crippen LogP contribution is 2.19. The van der Waals surface area contributed by atoms with Gasteiger partial charge >= 0.3 is 0 Å². The molecule has 0 bridgehead atoms. The molecule has 2 aliphatic heterocycles. The second-order valence-electron chi connectivity index (χ2n) is 4.73. The van der Waals surface area contributed by atoms with Crippen LogP contribution < -0.4 is 5.32 Å². The van der Waals surface area contributed by atoms with Crippen molar-refractivity contribution in [1.29, 1.82) is 0 Å². The predicted molar refractivity (Wildman–Crippen MR) is 60.7 cm³/mol. The van der Waals surface area contributed by atoms with Crippen LogP contribution in [0.5, 0.6) is 0 Å². The average Bonchev–Trinajstić information content (AvgIpc) is 2.19. The van der Waals surface area contributed by atoms with Gasteiger partial charge in [0, 0.05) is 19.1 Å². The highest BCUT2D eigenvalue weighted by Gasteiger charge is 2.31. The Labute approximate surface area is 91.9 Å². The lowest BCUT2D eigenvalue weighted by molar-refractivity contribution is 0.130. The first-order valence-electron chi connectivity index (χ1n) is 5.74. The van der Waals surface area contributed by atoms with E-state index in [0.717, 1.165) is 32.6 Å². The maximum Gasteiger partial charge on any atom is 0.152 e. The van der Waals surface area contributed by atoms with Gasteiger partial charge in [-0.15, -0.1) is 0 Å². The quantitative estimate of drug-likeness (QED) is 0.675.